The summed E-state index contributed by atoms with van der Waals surface area (Å²) in [6.07, 6.45) is 5.70. The first-order chi connectivity index (χ1) is 11.5. The van der Waals surface area contributed by atoms with Gasteiger partial charge in [-0.05, 0) is 43.9 Å². The van der Waals surface area contributed by atoms with Crippen LogP contribution in [0.1, 0.15) is 57.9 Å². The second-order valence-electron chi connectivity index (χ2n) is 6.57. The van der Waals surface area contributed by atoms with Crippen LogP contribution in [0.5, 0.6) is 0 Å². The molecule has 1 aliphatic carbocycles. The first kappa shape index (κ1) is 19.0. The van der Waals surface area contributed by atoms with Crippen molar-refractivity contribution in [2.24, 2.45) is 0 Å². The molecule has 0 spiro atoms. The molecule has 2 amide bonds. The van der Waals surface area contributed by atoms with Crippen molar-refractivity contribution in [2.75, 3.05) is 0 Å². The minimum atomic E-state index is -0.455. The van der Waals surface area contributed by atoms with Crippen molar-refractivity contribution < 1.29 is 9.59 Å². The second kappa shape index (κ2) is 9.21. The molecule has 1 unspecified atom stereocenters. The third-order valence-corrected chi connectivity index (χ3v) is 5.07. The molecule has 132 valence electrons. The van der Waals surface area contributed by atoms with E-state index in [9.17, 15) is 9.59 Å². The number of rotatable bonds is 7. The summed E-state index contributed by atoms with van der Waals surface area (Å²) in [5.41, 5.74) is 1.02. The van der Waals surface area contributed by atoms with E-state index in [4.69, 9.17) is 0 Å². The van der Waals surface area contributed by atoms with Gasteiger partial charge < -0.3 is 10.2 Å². The van der Waals surface area contributed by atoms with Crippen LogP contribution in [0.3, 0.4) is 0 Å². The van der Waals surface area contributed by atoms with Gasteiger partial charge in [0.25, 0.3) is 0 Å². The minimum Gasteiger partial charge on any atom is -0.352 e. The number of carbonyl (C=O) groups is 2. The van der Waals surface area contributed by atoms with Crippen LogP contribution in [-0.4, -0.2) is 28.8 Å². The lowest BCUT2D eigenvalue weighted by Gasteiger charge is -2.29. The quantitative estimate of drug-likeness (QED) is 0.758. The number of hydrogen-bond acceptors (Lipinski definition) is 2. The summed E-state index contributed by atoms with van der Waals surface area (Å²) in [5.74, 6) is -0.00658. The van der Waals surface area contributed by atoms with Crippen LogP contribution in [0.25, 0.3) is 0 Å². The SMILES string of the molecule is CCCC(=O)N(Cc1cccc(Br)c1)C(C)C(=O)NC1CCCC1. The Hall–Kier alpha value is -1.36. The van der Waals surface area contributed by atoms with Gasteiger partial charge in [-0.15, -0.1) is 0 Å². The maximum absolute atomic E-state index is 12.6. The number of halogens is 1. The first-order valence-corrected chi connectivity index (χ1v) is 9.65. The van der Waals surface area contributed by atoms with Crippen LogP contribution in [0.4, 0.5) is 0 Å². The summed E-state index contributed by atoms with van der Waals surface area (Å²) in [5, 5.41) is 3.11. The highest BCUT2D eigenvalue weighted by molar-refractivity contribution is 9.10. The second-order valence-corrected chi connectivity index (χ2v) is 7.48. The molecule has 4 nitrogen and oxygen atoms in total. The average molecular weight is 395 g/mol. The molecule has 1 fully saturated rings. The molecular formula is C19H27BrN2O2. The van der Waals surface area contributed by atoms with Gasteiger partial charge in [-0.25, -0.2) is 0 Å². The molecule has 1 aromatic rings. The molecule has 1 aliphatic rings. The van der Waals surface area contributed by atoms with E-state index in [0.29, 0.717) is 13.0 Å². The Labute approximate surface area is 153 Å². The normalized spacial score (nSPS) is 16.0. The third kappa shape index (κ3) is 5.33. The van der Waals surface area contributed by atoms with Gasteiger partial charge in [-0.1, -0.05) is 47.8 Å². The Morgan fingerprint density at radius 3 is 2.67 bits per heavy atom. The van der Waals surface area contributed by atoms with E-state index in [-0.39, 0.29) is 17.9 Å². The summed E-state index contributed by atoms with van der Waals surface area (Å²) >= 11 is 3.46. The van der Waals surface area contributed by atoms with E-state index in [1.165, 1.54) is 12.8 Å². The maximum atomic E-state index is 12.6. The molecule has 1 N–H and O–H groups in total. The Morgan fingerprint density at radius 1 is 1.33 bits per heavy atom. The number of nitrogens with one attached hydrogen (secondary N) is 1. The van der Waals surface area contributed by atoms with Gasteiger partial charge in [0.2, 0.25) is 11.8 Å². The number of amides is 2. The van der Waals surface area contributed by atoms with Crippen molar-refractivity contribution in [2.45, 2.75) is 71.0 Å². The zero-order valence-electron chi connectivity index (χ0n) is 14.6. The molecule has 1 aromatic carbocycles. The Bertz CT molecular complexity index is 570. The van der Waals surface area contributed by atoms with Crippen LogP contribution < -0.4 is 5.32 Å². The van der Waals surface area contributed by atoms with Crippen molar-refractivity contribution in [3.63, 3.8) is 0 Å². The summed E-state index contributed by atoms with van der Waals surface area (Å²) in [6, 6.07) is 7.70. The molecule has 0 bridgehead atoms. The monoisotopic (exact) mass is 394 g/mol. The lowest BCUT2D eigenvalue weighted by Crippen LogP contribution is -2.49. The standard InChI is InChI=1S/C19H27BrN2O2/c1-3-7-18(23)22(13-15-8-6-9-16(20)12-15)14(2)19(24)21-17-10-4-5-11-17/h6,8-9,12,14,17H,3-5,7,10-11,13H2,1-2H3,(H,21,24). The average Bonchev–Trinajstić information content (AvgIpc) is 3.05. The summed E-state index contributed by atoms with van der Waals surface area (Å²) in [4.78, 5) is 26.8. The Balaban J connectivity index is 2.08. The van der Waals surface area contributed by atoms with E-state index in [1.807, 2.05) is 38.1 Å². The van der Waals surface area contributed by atoms with Crippen molar-refractivity contribution in [3.05, 3.63) is 34.3 Å². The number of nitrogens with zero attached hydrogens (tertiary/aromatic N) is 1. The molecule has 0 aliphatic heterocycles. The van der Waals surface area contributed by atoms with Gasteiger partial charge in [-0.3, -0.25) is 9.59 Å². The molecule has 0 radical (unpaired) electrons. The summed E-state index contributed by atoms with van der Waals surface area (Å²) < 4.78 is 0.978. The molecular weight excluding hydrogens is 368 g/mol. The zero-order chi connectivity index (χ0) is 17.5. The van der Waals surface area contributed by atoms with Crippen LogP contribution in [0, 0.1) is 0 Å². The van der Waals surface area contributed by atoms with Gasteiger partial charge in [-0.2, -0.15) is 0 Å². The van der Waals surface area contributed by atoms with E-state index in [2.05, 4.69) is 21.2 Å². The summed E-state index contributed by atoms with van der Waals surface area (Å²) in [6.45, 7) is 4.27. The topological polar surface area (TPSA) is 49.4 Å². The highest BCUT2D eigenvalue weighted by Gasteiger charge is 2.27. The largest absolute Gasteiger partial charge is 0.352 e. The van der Waals surface area contributed by atoms with Crippen molar-refractivity contribution >= 4 is 27.7 Å². The highest BCUT2D eigenvalue weighted by Crippen LogP contribution is 2.19. The highest BCUT2D eigenvalue weighted by atomic mass is 79.9. The van der Waals surface area contributed by atoms with Crippen LogP contribution in [0.15, 0.2) is 28.7 Å². The van der Waals surface area contributed by atoms with Gasteiger partial charge in [0.1, 0.15) is 6.04 Å². The minimum absolute atomic E-state index is 0.0338. The number of benzene rings is 1. The first-order valence-electron chi connectivity index (χ1n) is 8.85. The van der Waals surface area contributed by atoms with E-state index < -0.39 is 6.04 Å². The zero-order valence-corrected chi connectivity index (χ0v) is 16.1. The molecule has 0 heterocycles. The van der Waals surface area contributed by atoms with E-state index in [1.54, 1.807) is 4.90 Å². The lowest BCUT2D eigenvalue weighted by molar-refractivity contribution is -0.140. The fourth-order valence-corrected chi connectivity index (χ4v) is 3.61. The smallest absolute Gasteiger partial charge is 0.242 e. The Morgan fingerprint density at radius 2 is 2.04 bits per heavy atom. The van der Waals surface area contributed by atoms with Gasteiger partial charge in [0.15, 0.2) is 0 Å². The predicted molar refractivity (Wildman–Crippen MR) is 99.5 cm³/mol. The fraction of sp³-hybridized carbons (Fsp3) is 0.579. The maximum Gasteiger partial charge on any atom is 0.242 e. The number of hydrogen-bond donors (Lipinski definition) is 1. The lowest BCUT2D eigenvalue weighted by atomic mass is 10.1. The van der Waals surface area contributed by atoms with Crippen molar-refractivity contribution in [1.82, 2.24) is 10.2 Å². The van der Waals surface area contributed by atoms with E-state index in [0.717, 1.165) is 29.3 Å². The molecule has 1 saturated carbocycles. The van der Waals surface area contributed by atoms with Crippen molar-refractivity contribution in [1.29, 1.82) is 0 Å². The molecule has 0 saturated heterocycles. The van der Waals surface area contributed by atoms with Crippen LogP contribution in [0.2, 0.25) is 0 Å². The molecule has 2 rings (SSSR count). The van der Waals surface area contributed by atoms with Gasteiger partial charge in [0, 0.05) is 23.5 Å². The molecule has 24 heavy (non-hydrogen) atoms. The van der Waals surface area contributed by atoms with Gasteiger partial charge in [0.05, 0.1) is 0 Å². The molecule has 5 heteroatoms. The molecule has 0 aromatic heterocycles. The fourth-order valence-electron chi connectivity index (χ4n) is 3.16. The number of carbonyl (C=O) groups excluding carboxylic acids is 2. The Kier molecular flexibility index (Phi) is 7.28. The predicted octanol–water partition coefficient (Wildman–Crippen LogP) is 4.03. The third-order valence-electron chi connectivity index (χ3n) is 4.57. The van der Waals surface area contributed by atoms with Crippen molar-refractivity contribution in [3.8, 4) is 0 Å². The van der Waals surface area contributed by atoms with Crippen LogP contribution in [-0.2, 0) is 16.1 Å². The van der Waals surface area contributed by atoms with Gasteiger partial charge >= 0.3 is 0 Å². The summed E-state index contributed by atoms with van der Waals surface area (Å²) in [7, 11) is 0. The van der Waals surface area contributed by atoms with E-state index >= 15 is 0 Å². The molecule has 1 atom stereocenters. The van der Waals surface area contributed by atoms with Crippen LogP contribution >= 0.6 is 15.9 Å².